The van der Waals surface area contributed by atoms with E-state index in [1.165, 1.54) is 13.0 Å². The van der Waals surface area contributed by atoms with Crippen molar-refractivity contribution in [3.63, 3.8) is 0 Å². The van der Waals surface area contributed by atoms with Crippen molar-refractivity contribution in [1.82, 2.24) is 25.0 Å². The molecule has 0 radical (unpaired) electrons. The molecule has 8 nitrogen and oxygen atoms in total. The van der Waals surface area contributed by atoms with Crippen LogP contribution in [0.15, 0.2) is 24.3 Å². The van der Waals surface area contributed by atoms with Gasteiger partial charge in [-0.3, -0.25) is 9.59 Å². The van der Waals surface area contributed by atoms with Crippen LogP contribution in [0.25, 0.3) is 11.6 Å². The lowest BCUT2D eigenvalue weighted by atomic mass is 10.0. The van der Waals surface area contributed by atoms with Crippen molar-refractivity contribution in [3.8, 4) is 0 Å². The van der Waals surface area contributed by atoms with Gasteiger partial charge in [0.25, 0.3) is 5.91 Å². The van der Waals surface area contributed by atoms with Crippen molar-refractivity contribution in [1.29, 1.82) is 0 Å². The zero-order valence-electron chi connectivity index (χ0n) is 23.5. The summed E-state index contributed by atoms with van der Waals surface area (Å²) in [5.74, 6) is 0.103. The van der Waals surface area contributed by atoms with E-state index in [9.17, 15) is 9.59 Å². The molecule has 0 aliphatic carbocycles. The number of anilines is 1. The van der Waals surface area contributed by atoms with Gasteiger partial charge >= 0.3 is 0 Å². The summed E-state index contributed by atoms with van der Waals surface area (Å²) < 4.78 is 0. The predicted molar refractivity (Wildman–Crippen MR) is 155 cm³/mol. The Bertz CT molecular complexity index is 1150. The Morgan fingerprint density at radius 2 is 1.76 bits per heavy atom. The van der Waals surface area contributed by atoms with Gasteiger partial charge in [0.2, 0.25) is 5.91 Å². The molecular formula is C30H44N6O2. The highest BCUT2D eigenvalue weighted by Crippen LogP contribution is 2.33. The molecule has 1 fully saturated rings. The van der Waals surface area contributed by atoms with Crippen LogP contribution in [-0.2, 0) is 16.0 Å². The first-order valence-corrected chi connectivity index (χ1v) is 14.0. The molecule has 0 unspecified atom stereocenters. The Balaban J connectivity index is 1.23. The van der Waals surface area contributed by atoms with Crippen LogP contribution in [0.5, 0.6) is 0 Å². The minimum Gasteiger partial charge on any atom is -0.359 e. The molecule has 2 aliphatic rings. The third kappa shape index (κ3) is 6.92. The molecule has 1 aromatic heterocycles. The monoisotopic (exact) mass is 520 g/mol. The second kappa shape index (κ2) is 13.2. The number of fused-ring (bicyclic) bond motifs is 1. The molecule has 0 saturated carbocycles. The number of aromatic amines is 1. The summed E-state index contributed by atoms with van der Waals surface area (Å²) in [5, 5.41) is 6.15. The zero-order valence-corrected chi connectivity index (χ0v) is 23.5. The molecule has 4 rings (SSSR count). The smallest absolute Gasteiger partial charge is 0.256 e. The minimum absolute atomic E-state index is 0.0809. The molecule has 0 bridgehead atoms. The highest BCUT2D eigenvalue weighted by atomic mass is 16.2. The van der Waals surface area contributed by atoms with Gasteiger partial charge in [0.1, 0.15) is 0 Å². The third-order valence-electron chi connectivity index (χ3n) is 7.98. The number of carbonyl (C=O) groups excluding carboxylic acids is 2. The van der Waals surface area contributed by atoms with Crippen LogP contribution in [0.1, 0.15) is 47.3 Å². The molecule has 2 aromatic rings. The van der Waals surface area contributed by atoms with Crippen molar-refractivity contribution in [2.45, 2.75) is 39.5 Å². The molecule has 8 heteroatoms. The molecule has 0 spiro atoms. The molecule has 1 aromatic carbocycles. The molecule has 3 N–H and O–H groups in total. The van der Waals surface area contributed by atoms with Gasteiger partial charge in [-0.05, 0) is 83.1 Å². The van der Waals surface area contributed by atoms with Gasteiger partial charge in [0.15, 0.2) is 0 Å². The van der Waals surface area contributed by atoms with E-state index in [2.05, 4.69) is 32.3 Å². The van der Waals surface area contributed by atoms with E-state index in [0.29, 0.717) is 18.4 Å². The number of aryl methyl sites for hydroxylation is 1. The maximum Gasteiger partial charge on any atom is 0.256 e. The molecule has 206 valence electrons. The first-order chi connectivity index (χ1) is 18.4. The zero-order chi connectivity index (χ0) is 27.1. The summed E-state index contributed by atoms with van der Waals surface area (Å²) >= 11 is 0. The van der Waals surface area contributed by atoms with E-state index in [-0.39, 0.29) is 11.8 Å². The fraction of sp³-hybridized carbons (Fsp3) is 0.533. The lowest BCUT2D eigenvalue weighted by Crippen LogP contribution is -2.47. The number of H-pyrrole nitrogens is 1. The number of amides is 2. The number of hydrogen-bond donors (Lipinski definition) is 3. The number of nitrogens with zero attached hydrogens (tertiary/aromatic N) is 3. The summed E-state index contributed by atoms with van der Waals surface area (Å²) in [7, 11) is 3.93. The normalized spacial score (nSPS) is 17.2. The Morgan fingerprint density at radius 3 is 2.47 bits per heavy atom. The quantitative estimate of drug-likeness (QED) is 0.296. The molecule has 0 atom stereocenters. The fourth-order valence-electron chi connectivity index (χ4n) is 5.56. The van der Waals surface area contributed by atoms with E-state index in [1.54, 1.807) is 0 Å². The third-order valence-corrected chi connectivity index (χ3v) is 7.98. The Labute approximate surface area is 227 Å². The molecule has 3 heterocycles. The molecule has 2 aliphatic heterocycles. The second-order valence-electron chi connectivity index (χ2n) is 10.6. The maximum absolute atomic E-state index is 12.9. The second-order valence-corrected chi connectivity index (χ2v) is 10.6. The standard InChI is InChI=1S/C30H44N6O2/c1-22-24(23(2)32-28(22)21-26-25-9-5-6-10-27(25)33-30(26)38)11-12-29(37)34(4)14-8-16-36-19-17-35(18-20-36)15-7-13-31-3/h5-6,9-10,21,31-32H,7-8,11-20H2,1-4H3,(H,33,38)/b26-21-. The number of rotatable bonds is 12. The molecule has 38 heavy (non-hydrogen) atoms. The van der Waals surface area contributed by atoms with Crippen molar-refractivity contribution >= 4 is 29.2 Å². The average molecular weight is 521 g/mol. The maximum atomic E-state index is 12.9. The van der Waals surface area contributed by atoms with Crippen molar-refractivity contribution in [2.24, 2.45) is 0 Å². The Morgan fingerprint density at radius 1 is 1.08 bits per heavy atom. The topological polar surface area (TPSA) is 83.7 Å². The van der Waals surface area contributed by atoms with Crippen LogP contribution in [0.2, 0.25) is 0 Å². The van der Waals surface area contributed by atoms with Crippen molar-refractivity contribution in [2.75, 3.05) is 71.8 Å². The van der Waals surface area contributed by atoms with Gasteiger partial charge in [-0.15, -0.1) is 0 Å². The number of benzene rings is 1. The van der Waals surface area contributed by atoms with Crippen LogP contribution in [-0.4, -0.2) is 98.0 Å². The lowest BCUT2D eigenvalue weighted by Gasteiger charge is -2.35. The van der Waals surface area contributed by atoms with E-state index in [4.69, 9.17) is 0 Å². The highest BCUT2D eigenvalue weighted by Gasteiger charge is 2.24. The summed E-state index contributed by atoms with van der Waals surface area (Å²) in [6.45, 7) is 12.7. The predicted octanol–water partition coefficient (Wildman–Crippen LogP) is 3.13. The van der Waals surface area contributed by atoms with Gasteiger partial charge in [-0.2, -0.15) is 0 Å². The van der Waals surface area contributed by atoms with E-state index in [0.717, 1.165) is 86.0 Å². The number of hydrogen-bond acceptors (Lipinski definition) is 5. The van der Waals surface area contributed by atoms with Crippen LogP contribution in [0.4, 0.5) is 5.69 Å². The largest absolute Gasteiger partial charge is 0.359 e. The molecule has 2 amide bonds. The van der Waals surface area contributed by atoms with Crippen LogP contribution in [0.3, 0.4) is 0 Å². The number of piperazine rings is 1. The van der Waals surface area contributed by atoms with Gasteiger partial charge in [-0.1, -0.05) is 18.2 Å². The van der Waals surface area contributed by atoms with E-state index >= 15 is 0 Å². The Hall–Kier alpha value is -2.94. The van der Waals surface area contributed by atoms with Crippen LogP contribution >= 0.6 is 0 Å². The number of aromatic nitrogens is 1. The molecular weight excluding hydrogens is 476 g/mol. The number of nitrogens with one attached hydrogen (secondary N) is 3. The van der Waals surface area contributed by atoms with Crippen molar-refractivity contribution in [3.05, 3.63) is 52.3 Å². The highest BCUT2D eigenvalue weighted by molar-refractivity contribution is 6.34. The van der Waals surface area contributed by atoms with E-state index < -0.39 is 0 Å². The first kappa shape index (κ1) is 28.1. The van der Waals surface area contributed by atoms with Gasteiger partial charge in [-0.25, -0.2) is 0 Å². The Kier molecular flexibility index (Phi) is 9.77. The van der Waals surface area contributed by atoms with Crippen molar-refractivity contribution < 1.29 is 9.59 Å². The summed E-state index contributed by atoms with van der Waals surface area (Å²) in [4.78, 5) is 35.8. The SMILES string of the molecule is CNCCCN1CCN(CCCN(C)C(=O)CCc2c(C)[nH]c(/C=C3\C(=O)Nc4ccccc43)c2C)CC1. The summed E-state index contributed by atoms with van der Waals surface area (Å²) in [6.07, 6.45) is 5.32. The number of para-hydroxylation sites is 1. The van der Waals surface area contributed by atoms with Gasteiger partial charge in [0.05, 0.1) is 5.57 Å². The van der Waals surface area contributed by atoms with Gasteiger partial charge in [0, 0.05) is 68.8 Å². The fourth-order valence-corrected chi connectivity index (χ4v) is 5.56. The summed E-state index contributed by atoms with van der Waals surface area (Å²) in [5.41, 5.74) is 6.70. The van der Waals surface area contributed by atoms with E-state index in [1.807, 2.05) is 56.3 Å². The lowest BCUT2D eigenvalue weighted by molar-refractivity contribution is -0.130. The first-order valence-electron chi connectivity index (χ1n) is 14.0. The minimum atomic E-state index is -0.0809. The van der Waals surface area contributed by atoms with Crippen LogP contribution in [0, 0.1) is 13.8 Å². The number of carbonyl (C=O) groups is 2. The average Bonchev–Trinajstić information content (AvgIpc) is 3.37. The molecule has 1 saturated heterocycles. The summed E-state index contributed by atoms with van der Waals surface area (Å²) in [6, 6.07) is 7.75. The van der Waals surface area contributed by atoms with Crippen LogP contribution < -0.4 is 10.6 Å². The van der Waals surface area contributed by atoms with Gasteiger partial charge < -0.3 is 30.3 Å².